The second-order valence-electron chi connectivity index (χ2n) is 7.19. The third-order valence-corrected chi connectivity index (χ3v) is 5.06. The van der Waals surface area contributed by atoms with Gasteiger partial charge in [0.15, 0.2) is 11.5 Å². The molecule has 2 heterocycles. The van der Waals surface area contributed by atoms with Crippen molar-refractivity contribution in [3.8, 4) is 11.5 Å². The number of carbonyl (C=O) groups excluding carboxylic acids is 2. The van der Waals surface area contributed by atoms with Crippen molar-refractivity contribution >= 4 is 23.4 Å². The number of benzodiazepines with no additional fused rings is 1. The minimum atomic E-state index is -1.17. The number of benzene rings is 3. The predicted octanol–water partition coefficient (Wildman–Crippen LogP) is 3.46. The maximum atomic E-state index is 12.8. The third kappa shape index (κ3) is 3.98. The van der Waals surface area contributed by atoms with Crippen LogP contribution in [0.25, 0.3) is 0 Å². The van der Waals surface area contributed by atoms with Gasteiger partial charge < -0.3 is 19.5 Å². The minimum Gasteiger partial charge on any atom is -0.454 e. The van der Waals surface area contributed by atoms with Crippen molar-refractivity contribution in [3.05, 3.63) is 89.5 Å². The molecule has 160 valence electrons. The van der Waals surface area contributed by atoms with Crippen molar-refractivity contribution in [2.75, 3.05) is 12.1 Å². The van der Waals surface area contributed by atoms with Gasteiger partial charge in [0, 0.05) is 11.1 Å². The van der Waals surface area contributed by atoms with Crippen LogP contribution < -0.4 is 20.1 Å². The van der Waals surface area contributed by atoms with Crippen LogP contribution in [0.3, 0.4) is 0 Å². The lowest BCUT2D eigenvalue weighted by Gasteiger charge is -2.13. The molecule has 0 saturated carbocycles. The third-order valence-electron chi connectivity index (χ3n) is 5.06. The van der Waals surface area contributed by atoms with Gasteiger partial charge in [0.2, 0.25) is 13.0 Å². The standard InChI is InChI=1S/C24H19N3O5/c28-23-22(27-24(29)30-13-15-6-2-1-3-7-15)26-21(17-8-4-5-9-18(17)25-23)16-10-11-19-20(12-16)32-14-31-19/h1-12,22H,13-14H2,(H,25,28)(H,27,29). The fourth-order valence-electron chi connectivity index (χ4n) is 3.51. The monoisotopic (exact) mass is 429 g/mol. The van der Waals surface area contributed by atoms with Crippen LogP contribution >= 0.6 is 0 Å². The van der Waals surface area contributed by atoms with Crippen molar-refractivity contribution in [1.82, 2.24) is 5.32 Å². The second kappa shape index (κ2) is 8.43. The first-order chi connectivity index (χ1) is 15.7. The van der Waals surface area contributed by atoms with E-state index in [9.17, 15) is 9.59 Å². The molecular formula is C24H19N3O5. The van der Waals surface area contributed by atoms with E-state index in [1.54, 1.807) is 18.2 Å². The van der Waals surface area contributed by atoms with E-state index in [1.807, 2.05) is 54.6 Å². The van der Waals surface area contributed by atoms with E-state index in [1.165, 1.54) is 0 Å². The number of nitrogens with zero attached hydrogens (tertiary/aromatic N) is 1. The van der Waals surface area contributed by atoms with Crippen LogP contribution in [0.15, 0.2) is 77.8 Å². The number of aliphatic imine (C=N–C) groups is 1. The Morgan fingerprint density at radius 1 is 1.03 bits per heavy atom. The summed E-state index contributed by atoms with van der Waals surface area (Å²) in [6.45, 7) is 0.235. The Hall–Kier alpha value is -4.33. The number of alkyl carbamates (subject to hydrolysis) is 1. The van der Waals surface area contributed by atoms with Crippen molar-refractivity contribution in [2.24, 2.45) is 4.99 Å². The number of nitrogens with one attached hydrogen (secondary N) is 2. The van der Waals surface area contributed by atoms with Crippen LogP contribution in [0.4, 0.5) is 10.5 Å². The quantitative estimate of drug-likeness (QED) is 0.662. The lowest BCUT2D eigenvalue weighted by Crippen LogP contribution is -2.42. The van der Waals surface area contributed by atoms with Gasteiger partial charge in [-0.3, -0.25) is 10.1 Å². The molecule has 32 heavy (non-hydrogen) atoms. The van der Waals surface area contributed by atoms with Crippen LogP contribution in [0.1, 0.15) is 16.7 Å². The Morgan fingerprint density at radius 3 is 2.69 bits per heavy atom. The van der Waals surface area contributed by atoms with E-state index in [0.29, 0.717) is 22.9 Å². The maximum Gasteiger partial charge on any atom is 0.409 e. The summed E-state index contributed by atoms with van der Waals surface area (Å²) < 4.78 is 16.1. The van der Waals surface area contributed by atoms with Gasteiger partial charge in [-0.1, -0.05) is 48.5 Å². The maximum absolute atomic E-state index is 12.8. The van der Waals surface area contributed by atoms with Gasteiger partial charge in [0.1, 0.15) is 6.61 Å². The molecule has 0 fully saturated rings. The number of amides is 2. The molecule has 8 nitrogen and oxygen atoms in total. The van der Waals surface area contributed by atoms with Crippen molar-refractivity contribution in [2.45, 2.75) is 12.8 Å². The molecule has 2 aliphatic rings. The molecule has 0 spiro atoms. The van der Waals surface area contributed by atoms with Crippen molar-refractivity contribution < 1.29 is 23.8 Å². The average Bonchev–Trinajstić information content (AvgIpc) is 3.24. The Bertz CT molecular complexity index is 1210. The lowest BCUT2D eigenvalue weighted by molar-refractivity contribution is -0.117. The van der Waals surface area contributed by atoms with Crippen LogP contribution in [-0.2, 0) is 16.1 Å². The molecule has 8 heteroatoms. The van der Waals surface area contributed by atoms with Crippen LogP contribution in [0, 0.1) is 0 Å². The van der Waals surface area contributed by atoms with Gasteiger partial charge in [0.05, 0.1) is 11.4 Å². The summed E-state index contributed by atoms with van der Waals surface area (Å²) in [6.07, 6.45) is -1.92. The molecule has 0 saturated heterocycles. The van der Waals surface area contributed by atoms with Crippen LogP contribution in [0.5, 0.6) is 11.5 Å². The zero-order valence-corrected chi connectivity index (χ0v) is 16.9. The Morgan fingerprint density at radius 2 is 1.81 bits per heavy atom. The number of para-hydroxylation sites is 1. The molecule has 5 rings (SSSR count). The highest BCUT2D eigenvalue weighted by Crippen LogP contribution is 2.34. The van der Waals surface area contributed by atoms with E-state index in [-0.39, 0.29) is 13.4 Å². The summed E-state index contributed by atoms with van der Waals surface area (Å²) in [5.41, 5.74) is 3.41. The Labute approximate surface area is 183 Å². The SMILES string of the molecule is O=C(NC1N=C(c2ccc3c(c2)OCO3)c2ccccc2NC1=O)OCc1ccccc1. The molecule has 3 aromatic rings. The number of hydrogen-bond donors (Lipinski definition) is 2. The highest BCUT2D eigenvalue weighted by molar-refractivity contribution is 6.20. The fourth-order valence-corrected chi connectivity index (χ4v) is 3.51. The highest BCUT2D eigenvalue weighted by Gasteiger charge is 2.28. The summed E-state index contributed by atoms with van der Waals surface area (Å²) in [7, 11) is 0. The summed E-state index contributed by atoms with van der Waals surface area (Å²) >= 11 is 0. The predicted molar refractivity (Wildman–Crippen MR) is 117 cm³/mol. The first-order valence-corrected chi connectivity index (χ1v) is 10.0. The minimum absolute atomic E-state index is 0.0833. The number of ether oxygens (including phenoxy) is 3. The normalized spacial score (nSPS) is 16.3. The van der Waals surface area contributed by atoms with Gasteiger partial charge in [-0.25, -0.2) is 9.79 Å². The van der Waals surface area contributed by atoms with Crippen molar-refractivity contribution in [1.29, 1.82) is 0 Å². The highest BCUT2D eigenvalue weighted by atomic mass is 16.7. The molecule has 1 unspecified atom stereocenters. The van der Waals surface area contributed by atoms with Gasteiger partial charge in [-0.05, 0) is 29.8 Å². The number of anilines is 1. The van der Waals surface area contributed by atoms with E-state index >= 15 is 0 Å². The zero-order chi connectivity index (χ0) is 21.9. The molecule has 3 aromatic carbocycles. The van der Waals surface area contributed by atoms with Crippen LogP contribution in [-0.4, -0.2) is 30.7 Å². The van der Waals surface area contributed by atoms with Gasteiger partial charge in [-0.2, -0.15) is 0 Å². The smallest absolute Gasteiger partial charge is 0.409 e. The van der Waals surface area contributed by atoms with E-state index in [2.05, 4.69) is 15.6 Å². The molecule has 0 aromatic heterocycles. The van der Waals surface area contributed by atoms with E-state index in [0.717, 1.165) is 16.7 Å². The largest absolute Gasteiger partial charge is 0.454 e. The Balaban J connectivity index is 1.43. The van der Waals surface area contributed by atoms with Gasteiger partial charge in [-0.15, -0.1) is 0 Å². The molecular weight excluding hydrogens is 410 g/mol. The fraction of sp³-hybridized carbons (Fsp3) is 0.125. The van der Waals surface area contributed by atoms with E-state index < -0.39 is 18.2 Å². The lowest BCUT2D eigenvalue weighted by atomic mass is 10.0. The Kier molecular flexibility index (Phi) is 5.17. The number of carbonyl (C=O) groups is 2. The topological polar surface area (TPSA) is 98.3 Å². The molecule has 0 aliphatic carbocycles. The number of fused-ring (bicyclic) bond motifs is 2. The van der Waals surface area contributed by atoms with Crippen molar-refractivity contribution in [3.63, 3.8) is 0 Å². The van der Waals surface area contributed by atoms with Gasteiger partial charge in [0.25, 0.3) is 5.91 Å². The second-order valence-corrected chi connectivity index (χ2v) is 7.19. The summed E-state index contributed by atoms with van der Waals surface area (Å²) in [4.78, 5) is 29.8. The van der Waals surface area contributed by atoms with E-state index in [4.69, 9.17) is 14.2 Å². The molecule has 2 amide bonds. The first kappa shape index (κ1) is 19.6. The van der Waals surface area contributed by atoms with Crippen LogP contribution in [0.2, 0.25) is 0 Å². The zero-order valence-electron chi connectivity index (χ0n) is 16.9. The first-order valence-electron chi connectivity index (χ1n) is 10.0. The molecule has 2 N–H and O–H groups in total. The average molecular weight is 429 g/mol. The number of hydrogen-bond acceptors (Lipinski definition) is 6. The van der Waals surface area contributed by atoms with Gasteiger partial charge >= 0.3 is 6.09 Å². The molecule has 0 radical (unpaired) electrons. The summed E-state index contributed by atoms with van der Waals surface area (Å²) in [6, 6.07) is 22.0. The summed E-state index contributed by atoms with van der Waals surface area (Å²) in [5, 5.41) is 5.37. The number of rotatable bonds is 4. The molecule has 2 aliphatic heterocycles. The summed E-state index contributed by atoms with van der Waals surface area (Å²) in [5.74, 6) is 0.771. The molecule has 1 atom stereocenters. The molecule has 0 bridgehead atoms.